The number of nitrogens with zero attached hydrogens (tertiary/aromatic N) is 4. The van der Waals surface area contributed by atoms with Crippen molar-refractivity contribution in [1.82, 2.24) is 20.4 Å². The molecule has 0 saturated heterocycles. The molecule has 0 aliphatic heterocycles. The van der Waals surface area contributed by atoms with E-state index >= 15 is 0 Å². The largest absolute Gasteiger partial charge is 0.507 e. The number of phenols is 1. The maximum Gasteiger partial charge on any atom is 0.261 e. The van der Waals surface area contributed by atoms with Crippen LogP contribution >= 0.6 is 0 Å². The fourth-order valence-electron chi connectivity index (χ4n) is 2.32. The molecule has 0 aliphatic carbocycles. The van der Waals surface area contributed by atoms with Gasteiger partial charge in [0.15, 0.2) is 0 Å². The Hall–Kier alpha value is -3.42. The second-order valence-electron chi connectivity index (χ2n) is 5.60. The zero-order chi connectivity index (χ0) is 18.4. The Morgan fingerprint density at radius 2 is 2.19 bits per heavy atom. The van der Waals surface area contributed by atoms with Gasteiger partial charge >= 0.3 is 0 Å². The fourth-order valence-corrected chi connectivity index (χ4v) is 2.32. The molecule has 0 unspecified atom stereocenters. The van der Waals surface area contributed by atoms with E-state index in [-0.39, 0.29) is 18.2 Å². The number of phenolic OH excluding ortho intramolecular Hbond substituents is 1. The molecule has 3 rings (SSSR count). The minimum atomic E-state index is -0.348. The van der Waals surface area contributed by atoms with Crippen LogP contribution in [-0.2, 0) is 11.3 Å². The van der Waals surface area contributed by atoms with Gasteiger partial charge in [-0.15, -0.1) is 5.10 Å². The molecule has 0 fully saturated rings. The van der Waals surface area contributed by atoms with E-state index in [4.69, 9.17) is 4.74 Å². The molecular formula is C18H19N5O3. The van der Waals surface area contributed by atoms with Crippen LogP contribution in [0.5, 0.6) is 11.5 Å². The normalized spacial score (nSPS) is 11.1. The van der Waals surface area contributed by atoms with Gasteiger partial charge in [-0.2, -0.15) is 5.10 Å². The van der Waals surface area contributed by atoms with Crippen molar-refractivity contribution in [3.05, 3.63) is 48.0 Å². The first-order valence-electron chi connectivity index (χ1n) is 8.23. The molecule has 1 heterocycles. The monoisotopic (exact) mass is 353 g/mol. The molecule has 1 aromatic heterocycles. The van der Waals surface area contributed by atoms with Gasteiger partial charge in [0.25, 0.3) is 5.91 Å². The van der Waals surface area contributed by atoms with Crippen LogP contribution in [0.4, 0.5) is 0 Å². The molecule has 0 bridgehead atoms. The summed E-state index contributed by atoms with van der Waals surface area (Å²) in [6, 6.07) is 12.3. The zero-order valence-corrected chi connectivity index (χ0v) is 14.3. The summed E-state index contributed by atoms with van der Waals surface area (Å²) < 4.78 is 6.94. The van der Waals surface area contributed by atoms with Gasteiger partial charge in [0.2, 0.25) is 0 Å². The van der Waals surface area contributed by atoms with Crippen molar-refractivity contribution in [3.8, 4) is 11.5 Å². The average molecular weight is 353 g/mol. The van der Waals surface area contributed by atoms with Gasteiger partial charge in [0, 0.05) is 11.6 Å². The Bertz CT molecular complexity index is 935. The predicted octanol–water partition coefficient (Wildman–Crippen LogP) is 2.08. The van der Waals surface area contributed by atoms with Crippen LogP contribution < -0.4 is 10.2 Å². The lowest BCUT2D eigenvalue weighted by molar-refractivity contribution is -0.121. The van der Waals surface area contributed by atoms with Crippen LogP contribution in [0.3, 0.4) is 0 Å². The van der Waals surface area contributed by atoms with Crippen molar-refractivity contribution >= 4 is 23.2 Å². The predicted molar refractivity (Wildman–Crippen MR) is 97.2 cm³/mol. The van der Waals surface area contributed by atoms with Crippen molar-refractivity contribution in [3.63, 3.8) is 0 Å². The number of para-hydroxylation sites is 1. The van der Waals surface area contributed by atoms with Crippen molar-refractivity contribution in [2.45, 2.75) is 19.9 Å². The van der Waals surface area contributed by atoms with Gasteiger partial charge in [-0.25, -0.2) is 10.1 Å². The summed E-state index contributed by atoms with van der Waals surface area (Å²) in [5.74, 6) is 0.266. The molecular weight excluding hydrogens is 334 g/mol. The highest BCUT2D eigenvalue weighted by Gasteiger charge is 2.08. The number of amides is 1. The van der Waals surface area contributed by atoms with Crippen LogP contribution in [0.25, 0.3) is 11.0 Å². The summed E-state index contributed by atoms with van der Waals surface area (Å²) in [4.78, 5) is 12.0. The highest BCUT2D eigenvalue weighted by molar-refractivity contribution is 5.85. The van der Waals surface area contributed by atoms with Crippen LogP contribution in [-0.4, -0.2) is 38.8 Å². The first-order chi connectivity index (χ1) is 12.7. The molecule has 0 atom stereocenters. The quantitative estimate of drug-likeness (QED) is 0.500. The second-order valence-corrected chi connectivity index (χ2v) is 5.60. The maximum absolute atomic E-state index is 12.0. The Morgan fingerprint density at radius 1 is 1.35 bits per heavy atom. The number of ether oxygens (including phenoxy) is 1. The summed E-state index contributed by atoms with van der Waals surface area (Å²) in [7, 11) is 0. The SMILES string of the molecule is CCCOc1ccc(/C=N/NC(=O)Cn2nnc3ccccc32)c(O)c1. The van der Waals surface area contributed by atoms with Gasteiger partial charge < -0.3 is 9.84 Å². The third kappa shape index (κ3) is 4.15. The van der Waals surface area contributed by atoms with Crippen LogP contribution in [0.2, 0.25) is 0 Å². The molecule has 0 saturated carbocycles. The standard InChI is InChI=1S/C18H19N5O3/c1-2-9-26-14-8-7-13(17(24)10-14)11-19-21-18(25)12-23-16-6-4-3-5-15(16)20-22-23/h3-8,10-11,24H,2,9,12H2,1H3,(H,21,25)/b19-11+. The van der Waals surface area contributed by atoms with Crippen LogP contribution in [0.1, 0.15) is 18.9 Å². The van der Waals surface area contributed by atoms with Gasteiger partial charge in [0.1, 0.15) is 23.6 Å². The number of fused-ring (bicyclic) bond motifs is 1. The van der Waals surface area contributed by atoms with E-state index in [1.165, 1.54) is 17.0 Å². The summed E-state index contributed by atoms with van der Waals surface area (Å²) in [5.41, 5.74) is 4.37. The number of hydrogen-bond donors (Lipinski definition) is 2. The Balaban J connectivity index is 1.59. The second kappa shape index (κ2) is 8.11. The number of carbonyl (C=O) groups is 1. The highest BCUT2D eigenvalue weighted by atomic mass is 16.5. The van der Waals surface area contributed by atoms with Gasteiger partial charge in [0.05, 0.1) is 18.3 Å². The molecule has 1 amide bonds. The summed E-state index contributed by atoms with van der Waals surface area (Å²) in [5, 5.41) is 21.8. The molecule has 3 aromatic rings. The van der Waals surface area contributed by atoms with Crippen molar-refractivity contribution < 1.29 is 14.6 Å². The van der Waals surface area contributed by atoms with Crippen molar-refractivity contribution in [1.29, 1.82) is 0 Å². The van der Waals surface area contributed by atoms with E-state index in [9.17, 15) is 9.90 Å². The molecule has 134 valence electrons. The number of nitrogens with one attached hydrogen (secondary N) is 1. The number of hydrogen-bond acceptors (Lipinski definition) is 6. The molecule has 0 spiro atoms. The average Bonchev–Trinajstić information content (AvgIpc) is 3.04. The minimum absolute atomic E-state index is 0.00632. The molecule has 2 aromatic carbocycles. The number of aromatic hydroxyl groups is 1. The third-order valence-electron chi connectivity index (χ3n) is 3.58. The number of hydrazone groups is 1. The first-order valence-corrected chi connectivity index (χ1v) is 8.23. The lowest BCUT2D eigenvalue weighted by atomic mass is 10.2. The lowest BCUT2D eigenvalue weighted by Crippen LogP contribution is -2.23. The Labute approximate surface area is 150 Å². The molecule has 0 radical (unpaired) electrons. The van der Waals surface area contributed by atoms with E-state index < -0.39 is 0 Å². The minimum Gasteiger partial charge on any atom is -0.507 e. The van der Waals surface area contributed by atoms with E-state index in [1.54, 1.807) is 12.1 Å². The Morgan fingerprint density at radius 3 is 3.00 bits per heavy atom. The summed E-state index contributed by atoms with van der Waals surface area (Å²) in [6.45, 7) is 2.58. The van der Waals surface area contributed by atoms with Gasteiger partial charge in [-0.1, -0.05) is 24.3 Å². The molecule has 0 aliphatic rings. The number of aromatic nitrogens is 3. The summed E-state index contributed by atoms with van der Waals surface area (Å²) >= 11 is 0. The van der Waals surface area contributed by atoms with Crippen LogP contribution in [0.15, 0.2) is 47.6 Å². The topological polar surface area (TPSA) is 102 Å². The molecule has 26 heavy (non-hydrogen) atoms. The first kappa shape index (κ1) is 17.4. The Kier molecular flexibility index (Phi) is 5.43. The van der Waals surface area contributed by atoms with Crippen molar-refractivity contribution in [2.24, 2.45) is 5.10 Å². The smallest absolute Gasteiger partial charge is 0.261 e. The number of rotatable bonds is 7. The van der Waals surface area contributed by atoms with E-state index in [0.717, 1.165) is 17.5 Å². The fraction of sp³-hybridized carbons (Fsp3) is 0.222. The lowest BCUT2D eigenvalue weighted by Gasteiger charge is -2.06. The number of benzene rings is 2. The van der Waals surface area contributed by atoms with Crippen LogP contribution in [0, 0.1) is 0 Å². The zero-order valence-electron chi connectivity index (χ0n) is 14.3. The van der Waals surface area contributed by atoms with Gasteiger partial charge in [-0.05, 0) is 30.7 Å². The van der Waals surface area contributed by atoms with E-state index in [2.05, 4.69) is 20.8 Å². The van der Waals surface area contributed by atoms with Gasteiger partial charge in [-0.3, -0.25) is 4.79 Å². The summed E-state index contributed by atoms with van der Waals surface area (Å²) in [6.07, 6.45) is 2.26. The highest BCUT2D eigenvalue weighted by Crippen LogP contribution is 2.22. The van der Waals surface area contributed by atoms with E-state index in [1.807, 2.05) is 31.2 Å². The number of carbonyl (C=O) groups excluding carboxylic acids is 1. The van der Waals surface area contributed by atoms with E-state index in [0.29, 0.717) is 17.9 Å². The van der Waals surface area contributed by atoms with Crippen molar-refractivity contribution in [2.75, 3.05) is 6.61 Å². The molecule has 8 nitrogen and oxygen atoms in total. The third-order valence-corrected chi connectivity index (χ3v) is 3.58. The molecule has 8 heteroatoms. The maximum atomic E-state index is 12.0. The molecule has 2 N–H and O–H groups in total.